The van der Waals surface area contributed by atoms with E-state index in [2.05, 4.69) is 66.5 Å². The van der Waals surface area contributed by atoms with Crippen LogP contribution in [0.5, 0.6) is 0 Å². The maximum absolute atomic E-state index is 2.61. The van der Waals surface area contributed by atoms with Crippen molar-refractivity contribution in [2.24, 2.45) is 28.1 Å². The highest BCUT2D eigenvalue weighted by Gasteiger charge is 2.37. The Morgan fingerprint density at radius 3 is 1.53 bits per heavy atom. The third-order valence-corrected chi connectivity index (χ3v) is 10.8. The highest BCUT2D eigenvalue weighted by molar-refractivity contribution is 7.99. The largest absolute Gasteiger partial charge is 0.159 e. The molecule has 1 heteroatoms. The summed E-state index contributed by atoms with van der Waals surface area (Å²) in [6.07, 6.45) is 26.9. The molecule has 0 saturated heterocycles. The number of hydrogen-bond acceptors (Lipinski definition) is 1. The molecule has 0 aromatic rings. The molecule has 2 aliphatic carbocycles. The van der Waals surface area contributed by atoms with Crippen molar-refractivity contribution in [3.8, 4) is 0 Å². The molecule has 2 rings (SSSR count). The van der Waals surface area contributed by atoms with Crippen LogP contribution in [-0.2, 0) is 0 Å². The van der Waals surface area contributed by atoms with E-state index in [0.29, 0.717) is 21.0 Å². The summed E-state index contributed by atoms with van der Waals surface area (Å²) in [5, 5.41) is 0. The predicted molar refractivity (Wildman–Crippen MR) is 149 cm³/mol. The summed E-state index contributed by atoms with van der Waals surface area (Å²) < 4.78 is 0.471. The van der Waals surface area contributed by atoms with Crippen LogP contribution < -0.4 is 0 Å². The van der Waals surface area contributed by atoms with Crippen molar-refractivity contribution in [2.75, 3.05) is 6.26 Å². The van der Waals surface area contributed by atoms with Crippen LogP contribution in [0.1, 0.15) is 158 Å². The van der Waals surface area contributed by atoms with Crippen LogP contribution in [0.15, 0.2) is 0 Å². The molecule has 2 saturated carbocycles. The quantitative estimate of drug-likeness (QED) is 0.371. The van der Waals surface area contributed by atoms with Gasteiger partial charge in [-0.3, -0.25) is 0 Å². The minimum atomic E-state index is 0.471. The molecule has 0 aliphatic heterocycles. The molecular weight excluding hydrogens is 404 g/mol. The molecule has 0 amide bonds. The zero-order valence-corrected chi connectivity index (χ0v) is 24.4. The SMILES string of the molecule is CSC1(C)CCCC(C)(C)CC2CC(C)(C)CCCCCCCCCC2CC(C)(C)CC1. The monoisotopic (exact) mass is 464 g/mol. The van der Waals surface area contributed by atoms with E-state index < -0.39 is 0 Å². The minimum Gasteiger partial charge on any atom is -0.159 e. The first-order valence-corrected chi connectivity index (χ1v) is 15.6. The number of hydrogen-bond donors (Lipinski definition) is 0. The Hall–Kier alpha value is 0.350. The maximum atomic E-state index is 2.61. The zero-order chi connectivity index (χ0) is 23.9. The maximum Gasteiger partial charge on any atom is 0.0129 e. The summed E-state index contributed by atoms with van der Waals surface area (Å²) in [6.45, 7) is 18.2. The summed E-state index contributed by atoms with van der Waals surface area (Å²) in [5.41, 5.74) is 1.46. The van der Waals surface area contributed by atoms with Crippen LogP contribution in [0.3, 0.4) is 0 Å². The Morgan fingerprint density at radius 1 is 0.469 bits per heavy atom. The van der Waals surface area contributed by atoms with Gasteiger partial charge >= 0.3 is 0 Å². The van der Waals surface area contributed by atoms with Gasteiger partial charge in [-0.05, 0) is 85.7 Å². The summed E-state index contributed by atoms with van der Waals surface area (Å²) >= 11 is 2.14. The van der Waals surface area contributed by atoms with Crippen molar-refractivity contribution in [1.29, 1.82) is 0 Å². The lowest BCUT2D eigenvalue weighted by atomic mass is 9.63. The molecule has 0 aromatic heterocycles. The van der Waals surface area contributed by atoms with Gasteiger partial charge in [0, 0.05) is 4.75 Å². The fourth-order valence-electron chi connectivity index (χ4n) is 7.11. The third kappa shape index (κ3) is 10.3. The number of fused-ring (bicyclic) bond motifs is 1. The van der Waals surface area contributed by atoms with Crippen molar-refractivity contribution in [3.05, 3.63) is 0 Å². The fraction of sp³-hybridized carbons (Fsp3) is 1.00. The number of thioether (sulfide) groups is 1. The molecule has 0 radical (unpaired) electrons. The molecule has 0 aromatic carbocycles. The van der Waals surface area contributed by atoms with Gasteiger partial charge < -0.3 is 0 Å². The van der Waals surface area contributed by atoms with Crippen LogP contribution in [0, 0.1) is 28.1 Å². The lowest BCUT2D eigenvalue weighted by Gasteiger charge is -2.43. The van der Waals surface area contributed by atoms with Gasteiger partial charge in [0.2, 0.25) is 0 Å². The van der Waals surface area contributed by atoms with E-state index in [1.807, 2.05) is 0 Å². The first-order chi connectivity index (χ1) is 14.9. The second-order valence-electron chi connectivity index (χ2n) is 14.6. The lowest BCUT2D eigenvalue weighted by molar-refractivity contribution is 0.0872. The predicted octanol–water partition coefficient (Wildman–Crippen LogP) is 11.1. The number of rotatable bonds is 1. The van der Waals surface area contributed by atoms with Gasteiger partial charge in [0.25, 0.3) is 0 Å². The molecule has 3 unspecified atom stereocenters. The highest BCUT2D eigenvalue weighted by Crippen LogP contribution is 2.49. The molecule has 3 atom stereocenters. The van der Waals surface area contributed by atoms with Crippen molar-refractivity contribution < 1.29 is 0 Å². The summed E-state index contributed by atoms with van der Waals surface area (Å²) in [5.74, 6) is 1.83. The molecule has 2 aliphatic rings. The Morgan fingerprint density at radius 2 is 0.938 bits per heavy atom. The molecule has 2 fully saturated rings. The van der Waals surface area contributed by atoms with Gasteiger partial charge in [-0.25, -0.2) is 0 Å². The van der Waals surface area contributed by atoms with E-state index in [9.17, 15) is 0 Å². The van der Waals surface area contributed by atoms with Crippen molar-refractivity contribution in [1.82, 2.24) is 0 Å². The molecule has 190 valence electrons. The second-order valence-corrected chi connectivity index (χ2v) is 16.0. The minimum absolute atomic E-state index is 0.471. The Bertz CT molecular complexity index is 531. The summed E-state index contributed by atoms with van der Waals surface area (Å²) in [4.78, 5) is 0. The van der Waals surface area contributed by atoms with E-state index >= 15 is 0 Å². The second kappa shape index (κ2) is 12.4. The van der Waals surface area contributed by atoms with E-state index in [-0.39, 0.29) is 0 Å². The van der Waals surface area contributed by atoms with Crippen molar-refractivity contribution >= 4 is 11.8 Å². The molecule has 0 heterocycles. The first-order valence-electron chi connectivity index (χ1n) is 14.4. The average molecular weight is 465 g/mol. The molecule has 0 N–H and O–H groups in total. The Labute approximate surface area is 208 Å². The lowest BCUT2D eigenvalue weighted by Crippen LogP contribution is -2.33. The summed E-state index contributed by atoms with van der Waals surface area (Å²) in [7, 11) is 0. The molecule has 0 spiro atoms. The van der Waals surface area contributed by atoms with E-state index in [4.69, 9.17) is 0 Å². The summed E-state index contributed by atoms with van der Waals surface area (Å²) in [6, 6.07) is 0. The highest BCUT2D eigenvalue weighted by atomic mass is 32.2. The molecule has 0 nitrogen and oxygen atoms in total. The normalized spacial score (nSPS) is 35.6. The van der Waals surface area contributed by atoms with E-state index in [1.54, 1.807) is 0 Å². The van der Waals surface area contributed by atoms with Crippen molar-refractivity contribution in [3.63, 3.8) is 0 Å². The fourth-order valence-corrected chi connectivity index (χ4v) is 7.77. The van der Waals surface area contributed by atoms with Gasteiger partial charge in [-0.15, -0.1) is 0 Å². The van der Waals surface area contributed by atoms with Gasteiger partial charge in [0.1, 0.15) is 0 Å². The standard InChI is InChI=1S/C31H60S/c1-28(2)18-15-13-11-9-10-12-14-17-26-23-30(5,6)21-22-31(7,32-8)20-16-19-29(3,4)25-27(26)24-28/h26-27H,9-25H2,1-8H3. The van der Waals surface area contributed by atoms with Crippen LogP contribution in [0.4, 0.5) is 0 Å². The zero-order valence-electron chi connectivity index (χ0n) is 23.6. The van der Waals surface area contributed by atoms with Crippen molar-refractivity contribution in [2.45, 2.75) is 162 Å². The van der Waals surface area contributed by atoms with E-state index in [0.717, 1.165) is 11.8 Å². The van der Waals surface area contributed by atoms with Crippen LogP contribution in [-0.4, -0.2) is 11.0 Å². The smallest absolute Gasteiger partial charge is 0.0129 e. The van der Waals surface area contributed by atoms with Gasteiger partial charge in [-0.2, -0.15) is 11.8 Å². The topological polar surface area (TPSA) is 0 Å². The van der Waals surface area contributed by atoms with E-state index in [1.165, 1.54) is 109 Å². The van der Waals surface area contributed by atoms with Crippen LogP contribution in [0.2, 0.25) is 0 Å². The molecule has 0 bridgehead atoms. The van der Waals surface area contributed by atoms with Gasteiger partial charge in [0.05, 0.1) is 0 Å². The van der Waals surface area contributed by atoms with Gasteiger partial charge in [0.15, 0.2) is 0 Å². The van der Waals surface area contributed by atoms with Crippen LogP contribution >= 0.6 is 11.8 Å². The Kier molecular flexibility index (Phi) is 11.0. The van der Waals surface area contributed by atoms with Crippen LogP contribution in [0.25, 0.3) is 0 Å². The van der Waals surface area contributed by atoms with Gasteiger partial charge in [-0.1, -0.05) is 106 Å². The third-order valence-electron chi connectivity index (χ3n) is 9.42. The molecular formula is C31H60S. The molecule has 32 heavy (non-hydrogen) atoms. The first kappa shape index (κ1) is 28.6. The average Bonchev–Trinajstić information content (AvgIpc) is 2.69. The Balaban J connectivity index is 2.32.